The third-order valence-corrected chi connectivity index (χ3v) is 2.54. The summed E-state index contributed by atoms with van der Waals surface area (Å²) in [6.45, 7) is 0. The van der Waals surface area contributed by atoms with E-state index >= 15 is 0 Å². The molecule has 0 amide bonds. The van der Waals surface area contributed by atoms with Crippen molar-refractivity contribution in [1.82, 2.24) is 5.43 Å². The molecule has 17 heavy (non-hydrogen) atoms. The van der Waals surface area contributed by atoms with E-state index in [4.69, 9.17) is 17.4 Å². The Morgan fingerprint density at radius 2 is 2.12 bits per heavy atom. The monoisotopic (exact) mass is 260 g/mol. The molecule has 1 fully saturated rings. The molecule has 1 aliphatic carbocycles. The number of nitrogens with one attached hydrogen (secondary N) is 2. The molecule has 7 heteroatoms. The fourth-order valence-corrected chi connectivity index (χ4v) is 1.51. The van der Waals surface area contributed by atoms with E-state index in [1.54, 1.807) is 0 Å². The van der Waals surface area contributed by atoms with E-state index in [0.29, 0.717) is 0 Å². The molecule has 1 aliphatic rings. The summed E-state index contributed by atoms with van der Waals surface area (Å²) in [7, 11) is 0. The van der Waals surface area contributed by atoms with Crippen molar-refractivity contribution in [2.24, 2.45) is 10.8 Å². The molecule has 0 aromatic heterocycles. The molecular weight excluding hydrogens is 250 g/mol. The van der Waals surface area contributed by atoms with Gasteiger partial charge in [-0.1, -0.05) is 11.6 Å². The lowest BCUT2D eigenvalue weighted by Gasteiger charge is -2.11. The van der Waals surface area contributed by atoms with Crippen LogP contribution in [0.2, 0.25) is 5.02 Å². The first-order valence-electron chi connectivity index (χ1n) is 5.06. The van der Waals surface area contributed by atoms with E-state index in [1.807, 2.05) is 0 Å². The van der Waals surface area contributed by atoms with E-state index in [2.05, 4.69) is 15.7 Å². The Morgan fingerprint density at radius 1 is 1.41 bits per heavy atom. The Morgan fingerprint density at radius 3 is 2.65 bits per heavy atom. The van der Waals surface area contributed by atoms with Gasteiger partial charge in [-0.05, 0) is 18.9 Å². The number of hydrogen-bond acceptors (Lipinski definition) is 2. The van der Waals surface area contributed by atoms with Crippen LogP contribution >= 0.6 is 11.6 Å². The predicted molar refractivity (Wildman–Crippen MR) is 62.8 cm³/mol. The number of benzene rings is 1. The largest absolute Gasteiger partial charge is 0.322 e. The van der Waals surface area contributed by atoms with Gasteiger partial charge in [0.2, 0.25) is 5.96 Å². The van der Waals surface area contributed by atoms with Crippen LogP contribution in [-0.4, -0.2) is 12.0 Å². The lowest BCUT2D eigenvalue weighted by Crippen LogP contribution is -2.36. The van der Waals surface area contributed by atoms with Gasteiger partial charge in [-0.3, -0.25) is 5.43 Å². The van der Waals surface area contributed by atoms with Crippen LogP contribution in [-0.2, 0) is 0 Å². The van der Waals surface area contributed by atoms with Crippen LogP contribution < -0.4 is 16.6 Å². The fraction of sp³-hybridized carbons (Fsp3) is 0.300. The average Bonchev–Trinajstić information content (AvgIpc) is 3.05. The van der Waals surface area contributed by atoms with Crippen molar-refractivity contribution in [1.29, 1.82) is 0 Å². The van der Waals surface area contributed by atoms with Gasteiger partial charge in [-0.2, -0.15) is 0 Å². The maximum atomic E-state index is 13.5. The first kappa shape index (κ1) is 12.1. The Kier molecular flexibility index (Phi) is 3.44. The molecule has 0 aliphatic heterocycles. The molecule has 92 valence electrons. The zero-order valence-corrected chi connectivity index (χ0v) is 9.56. The van der Waals surface area contributed by atoms with Crippen molar-refractivity contribution in [2.75, 3.05) is 5.32 Å². The number of hydrogen-bond donors (Lipinski definition) is 3. The number of nitrogens with two attached hydrogens (primary N) is 1. The summed E-state index contributed by atoms with van der Waals surface area (Å²) in [6, 6.07) is 1.95. The molecule has 0 radical (unpaired) electrons. The second kappa shape index (κ2) is 4.85. The Balaban J connectivity index is 2.22. The van der Waals surface area contributed by atoms with E-state index < -0.39 is 11.6 Å². The number of anilines is 1. The molecular formula is C10H11ClF2N4. The van der Waals surface area contributed by atoms with Gasteiger partial charge in [0.1, 0.15) is 5.82 Å². The number of guanidine groups is 1. The Labute approximate surface area is 102 Å². The first-order valence-corrected chi connectivity index (χ1v) is 5.44. The molecule has 4 nitrogen and oxygen atoms in total. The summed E-state index contributed by atoms with van der Waals surface area (Å²) in [6.07, 6.45) is 1.96. The molecule has 0 spiro atoms. The lowest BCUT2D eigenvalue weighted by atomic mass is 10.3. The smallest absolute Gasteiger partial charge is 0.210 e. The molecule has 1 saturated carbocycles. The van der Waals surface area contributed by atoms with Crippen molar-refractivity contribution in [3.8, 4) is 0 Å². The fourth-order valence-electron chi connectivity index (χ4n) is 1.27. The summed E-state index contributed by atoms with van der Waals surface area (Å²) in [4.78, 5) is 4.16. The minimum absolute atomic E-state index is 0.0505. The van der Waals surface area contributed by atoms with Gasteiger partial charge in [-0.15, -0.1) is 0 Å². The molecule has 0 saturated heterocycles. The van der Waals surface area contributed by atoms with Gasteiger partial charge in [0, 0.05) is 6.07 Å². The molecule has 4 N–H and O–H groups in total. The molecule has 2 rings (SSSR count). The van der Waals surface area contributed by atoms with Gasteiger partial charge in [0.25, 0.3) is 0 Å². The van der Waals surface area contributed by atoms with Crippen molar-refractivity contribution < 1.29 is 8.78 Å². The molecule has 0 atom stereocenters. The topological polar surface area (TPSA) is 62.4 Å². The van der Waals surface area contributed by atoms with Crippen LogP contribution in [0.1, 0.15) is 12.8 Å². The summed E-state index contributed by atoms with van der Waals surface area (Å²) in [5.74, 6) is 3.92. The Bertz CT molecular complexity index is 437. The zero-order chi connectivity index (χ0) is 12.4. The van der Waals surface area contributed by atoms with Crippen LogP contribution in [0.3, 0.4) is 0 Å². The van der Waals surface area contributed by atoms with Crippen LogP contribution in [0.4, 0.5) is 14.5 Å². The second-order valence-electron chi connectivity index (χ2n) is 3.72. The van der Waals surface area contributed by atoms with Gasteiger partial charge in [-0.25, -0.2) is 19.6 Å². The minimum atomic E-state index is -0.797. The molecule has 0 unspecified atom stereocenters. The second-order valence-corrected chi connectivity index (χ2v) is 4.13. The van der Waals surface area contributed by atoms with Gasteiger partial charge in [0.05, 0.1) is 16.8 Å². The van der Waals surface area contributed by atoms with Gasteiger partial charge in [0.15, 0.2) is 5.82 Å². The Hall–Kier alpha value is -1.40. The first-order chi connectivity index (χ1) is 8.10. The third-order valence-electron chi connectivity index (χ3n) is 2.25. The molecule has 0 heterocycles. The van der Waals surface area contributed by atoms with Crippen molar-refractivity contribution >= 4 is 23.2 Å². The summed E-state index contributed by atoms with van der Waals surface area (Å²) < 4.78 is 26.3. The van der Waals surface area contributed by atoms with Crippen molar-refractivity contribution in [3.05, 3.63) is 28.8 Å². The number of rotatable bonds is 2. The van der Waals surface area contributed by atoms with Crippen molar-refractivity contribution in [3.63, 3.8) is 0 Å². The van der Waals surface area contributed by atoms with Crippen LogP contribution in [0, 0.1) is 11.6 Å². The number of aliphatic imine (C=N–C) groups is 1. The highest BCUT2D eigenvalue weighted by Crippen LogP contribution is 2.27. The highest BCUT2D eigenvalue weighted by molar-refractivity contribution is 6.33. The van der Waals surface area contributed by atoms with Gasteiger partial charge < -0.3 is 5.32 Å². The van der Waals surface area contributed by atoms with E-state index in [0.717, 1.165) is 25.0 Å². The highest BCUT2D eigenvalue weighted by atomic mass is 35.5. The zero-order valence-electron chi connectivity index (χ0n) is 8.80. The minimum Gasteiger partial charge on any atom is -0.322 e. The van der Waals surface area contributed by atoms with Gasteiger partial charge >= 0.3 is 0 Å². The standard InChI is InChI=1S/C10H11ClF2N4/c11-7-3-5(12)4-8(13)9(7)16-10(17-14)15-6-1-2-6/h3-4,6H,1-2,14H2,(H2,15,16,17). The molecule has 1 aromatic carbocycles. The third kappa shape index (κ3) is 3.04. The van der Waals surface area contributed by atoms with E-state index in [-0.39, 0.29) is 22.7 Å². The maximum Gasteiger partial charge on any atom is 0.210 e. The number of nitrogens with zero attached hydrogens (tertiary/aromatic N) is 1. The van der Waals surface area contributed by atoms with E-state index in [9.17, 15) is 8.78 Å². The molecule has 0 bridgehead atoms. The number of hydrazine groups is 1. The SMILES string of the molecule is NNC(=NC1CC1)Nc1c(F)cc(F)cc1Cl. The average molecular weight is 261 g/mol. The van der Waals surface area contributed by atoms with Crippen molar-refractivity contribution in [2.45, 2.75) is 18.9 Å². The maximum absolute atomic E-state index is 13.5. The number of halogens is 3. The van der Waals surface area contributed by atoms with E-state index in [1.165, 1.54) is 0 Å². The normalized spacial score (nSPS) is 15.9. The summed E-state index contributed by atoms with van der Waals surface area (Å²) >= 11 is 5.72. The van der Waals surface area contributed by atoms with Crippen LogP contribution in [0.25, 0.3) is 0 Å². The summed E-state index contributed by atoms with van der Waals surface area (Å²) in [5, 5.41) is 2.54. The van der Waals surface area contributed by atoms with Crippen LogP contribution in [0.5, 0.6) is 0 Å². The lowest BCUT2D eigenvalue weighted by molar-refractivity contribution is 0.586. The quantitative estimate of drug-likeness (QED) is 0.330. The molecule has 1 aromatic rings. The summed E-state index contributed by atoms with van der Waals surface area (Å²) in [5.41, 5.74) is 2.26. The predicted octanol–water partition coefficient (Wildman–Crippen LogP) is 2.01. The van der Waals surface area contributed by atoms with Crippen LogP contribution in [0.15, 0.2) is 17.1 Å². The highest BCUT2D eigenvalue weighted by Gasteiger charge is 2.21.